The Morgan fingerprint density at radius 3 is 2.91 bits per heavy atom. The molecule has 6 heteroatoms. The maximum atomic E-state index is 13.3. The predicted octanol–water partition coefficient (Wildman–Crippen LogP) is 3.87. The number of nitrogens with two attached hydrogens (primary N) is 1. The molecule has 2 rings (SSSR count). The summed E-state index contributed by atoms with van der Waals surface area (Å²) in [6.07, 6.45) is 3.86. The molecule has 0 atom stereocenters. The maximum absolute atomic E-state index is 13.3. The number of benzene rings is 1. The van der Waals surface area contributed by atoms with Gasteiger partial charge in [-0.25, -0.2) is 4.39 Å². The molecule has 0 saturated carbocycles. The second-order valence-corrected chi connectivity index (χ2v) is 5.91. The summed E-state index contributed by atoms with van der Waals surface area (Å²) in [6.45, 7) is 4.54. The van der Waals surface area contributed by atoms with Crippen molar-refractivity contribution in [3.8, 4) is 11.3 Å². The van der Waals surface area contributed by atoms with Crippen molar-refractivity contribution < 1.29 is 8.91 Å². The number of aliphatic imine (C=N–C) groups is 1. The average molecular weight is 413 g/mol. The van der Waals surface area contributed by atoms with Crippen LogP contribution in [0.2, 0.25) is 0 Å². The lowest BCUT2D eigenvalue weighted by Gasteiger charge is -2.05. The molecule has 0 fully saturated rings. The van der Waals surface area contributed by atoms with E-state index in [1.807, 2.05) is 13.8 Å². The number of hydrogen-bond acceptors (Lipinski definition) is 4. The van der Waals surface area contributed by atoms with E-state index in [1.165, 1.54) is 18.3 Å². The van der Waals surface area contributed by atoms with Crippen molar-refractivity contribution in [1.29, 1.82) is 0 Å². The zero-order valence-electron chi connectivity index (χ0n) is 12.4. The molecular formula is C16H17FIN3O. The summed E-state index contributed by atoms with van der Waals surface area (Å²) in [6, 6.07) is 4.58. The molecule has 0 aliphatic carbocycles. The Morgan fingerprint density at radius 2 is 2.27 bits per heavy atom. The van der Waals surface area contributed by atoms with Gasteiger partial charge in [0.25, 0.3) is 0 Å². The molecule has 1 heterocycles. The van der Waals surface area contributed by atoms with Gasteiger partial charge >= 0.3 is 0 Å². The van der Waals surface area contributed by atoms with Gasteiger partial charge in [-0.3, -0.25) is 4.99 Å². The molecule has 0 amide bonds. The molecule has 1 aromatic carbocycles. The van der Waals surface area contributed by atoms with Crippen molar-refractivity contribution in [3.63, 3.8) is 0 Å². The van der Waals surface area contributed by atoms with Gasteiger partial charge in [0.05, 0.1) is 5.69 Å². The lowest BCUT2D eigenvalue weighted by molar-refractivity contribution is 0.426. The SMILES string of the molecule is CCN=CC(=CN)Cc1c(C)noc1-c1ccc(F)cc1I. The minimum absolute atomic E-state index is 0.274. The van der Waals surface area contributed by atoms with Crippen molar-refractivity contribution in [1.82, 2.24) is 5.16 Å². The van der Waals surface area contributed by atoms with Gasteiger partial charge < -0.3 is 10.3 Å². The second-order valence-electron chi connectivity index (χ2n) is 4.75. The first kappa shape index (κ1) is 16.7. The van der Waals surface area contributed by atoms with Gasteiger partial charge in [0.1, 0.15) is 5.82 Å². The van der Waals surface area contributed by atoms with Crippen LogP contribution in [0.4, 0.5) is 4.39 Å². The third kappa shape index (κ3) is 3.73. The van der Waals surface area contributed by atoms with Gasteiger partial charge in [0, 0.05) is 33.9 Å². The first-order valence-corrected chi connectivity index (χ1v) is 7.95. The van der Waals surface area contributed by atoms with E-state index in [1.54, 1.807) is 12.3 Å². The van der Waals surface area contributed by atoms with Crippen LogP contribution in [0.3, 0.4) is 0 Å². The lowest BCUT2D eigenvalue weighted by atomic mass is 10.0. The fraction of sp³-hybridized carbons (Fsp3) is 0.250. The molecule has 0 aliphatic rings. The van der Waals surface area contributed by atoms with Crippen LogP contribution in [-0.2, 0) is 6.42 Å². The first-order chi connectivity index (χ1) is 10.6. The first-order valence-electron chi connectivity index (χ1n) is 6.88. The normalized spacial score (nSPS) is 12.3. The zero-order chi connectivity index (χ0) is 16.1. The van der Waals surface area contributed by atoms with Crippen molar-refractivity contribution in [2.24, 2.45) is 10.7 Å². The third-order valence-corrected chi connectivity index (χ3v) is 4.09. The van der Waals surface area contributed by atoms with E-state index in [4.69, 9.17) is 10.3 Å². The van der Waals surface area contributed by atoms with Crippen LogP contribution in [-0.4, -0.2) is 17.9 Å². The summed E-state index contributed by atoms with van der Waals surface area (Å²) in [5.41, 5.74) is 9.09. The van der Waals surface area contributed by atoms with Crippen molar-refractivity contribution in [2.75, 3.05) is 6.54 Å². The Labute approximate surface area is 142 Å². The minimum atomic E-state index is -0.274. The molecule has 0 radical (unpaired) electrons. The Bertz CT molecular complexity index is 722. The highest BCUT2D eigenvalue weighted by Crippen LogP contribution is 2.31. The standard InChI is InChI=1S/C16H17FIN3O/c1-3-20-9-11(8-19)6-14-10(2)21-22-16(14)13-5-4-12(17)7-15(13)18/h4-5,7-9H,3,6,19H2,1-2H3. The maximum Gasteiger partial charge on any atom is 0.171 e. The summed E-state index contributed by atoms with van der Waals surface area (Å²) >= 11 is 2.09. The number of allylic oxidation sites excluding steroid dienone is 1. The molecule has 0 saturated heterocycles. The second kappa shape index (κ2) is 7.53. The van der Waals surface area contributed by atoms with E-state index in [9.17, 15) is 4.39 Å². The van der Waals surface area contributed by atoms with E-state index >= 15 is 0 Å². The Morgan fingerprint density at radius 1 is 1.50 bits per heavy atom. The van der Waals surface area contributed by atoms with Crippen molar-refractivity contribution in [3.05, 3.63) is 50.6 Å². The number of aromatic nitrogens is 1. The highest BCUT2D eigenvalue weighted by molar-refractivity contribution is 14.1. The zero-order valence-corrected chi connectivity index (χ0v) is 14.6. The number of nitrogens with zero attached hydrogens (tertiary/aromatic N) is 2. The highest BCUT2D eigenvalue weighted by atomic mass is 127. The third-order valence-electron chi connectivity index (χ3n) is 3.20. The molecular weight excluding hydrogens is 396 g/mol. The molecule has 0 bridgehead atoms. The van der Waals surface area contributed by atoms with Gasteiger partial charge in [-0.15, -0.1) is 0 Å². The molecule has 4 nitrogen and oxygen atoms in total. The molecule has 2 N–H and O–H groups in total. The summed E-state index contributed by atoms with van der Waals surface area (Å²) in [5, 5.41) is 4.04. The van der Waals surface area contributed by atoms with E-state index in [-0.39, 0.29) is 5.82 Å². The van der Waals surface area contributed by atoms with Crippen LogP contribution in [0.1, 0.15) is 18.2 Å². The summed E-state index contributed by atoms with van der Waals surface area (Å²) in [5.74, 6) is 0.370. The summed E-state index contributed by atoms with van der Waals surface area (Å²) in [7, 11) is 0. The van der Waals surface area contributed by atoms with Crippen molar-refractivity contribution in [2.45, 2.75) is 20.3 Å². The van der Waals surface area contributed by atoms with E-state index in [0.717, 1.165) is 26.0 Å². The Balaban J connectivity index is 2.42. The van der Waals surface area contributed by atoms with Gasteiger partial charge in [0.15, 0.2) is 5.76 Å². The van der Waals surface area contributed by atoms with Crippen LogP contribution < -0.4 is 5.73 Å². The topological polar surface area (TPSA) is 64.4 Å². The summed E-state index contributed by atoms with van der Waals surface area (Å²) < 4.78 is 19.5. The number of hydrogen-bond donors (Lipinski definition) is 1. The van der Waals surface area contributed by atoms with Crippen LogP contribution in [0.25, 0.3) is 11.3 Å². The number of aryl methyl sites for hydroxylation is 1. The van der Waals surface area contributed by atoms with Gasteiger partial charge in [-0.1, -0.05) is 5.16 Å². The lowest BCUT2D eigenvalue weighted by Crippen LogP contribution is -1.99. The summed E-state index contributed by atoms with van der Waals surface area (Å²) in [4.78, 5) is 4.21. The van der Waals surface area contributed by atoms with Crippen LogP contribution in [0.5, 0.6) is 0 Å². The smallest absolute Gasteiger partial charge is 0.171 e. The Hall–Kier alpha value is -1.70. The largest absolute Gasteiger partial charge is 0.404 e. The predicted molar refractivity (Wildman–Crippen MR) is 94.4 cm³/mol. The molecule has 22 heavy (non-hydrogen) atoms. The fourth-order valence-electron chi connectivity index (χ4n) is 2.04. The van der Waals surface area contributed by atoms with Crippen LogP contribution >= 0.6 is 22.6 Å². The molecule has 0 unspecified atom stereocenters. The molecule has 1 aromatic heterocycles. The van der Waals surface area contributed by atoms with E-state index in [2.05, 4.69) is 32.7 Å². The molecule has 2 aromatic rings. The fourth-order valence-corrected chi connectivity index (χ4v) is 2.76. The van der Waals surface area contributed by atoms with Gasteiger partial charge in [-0.2, -0.15) is 0 Å². The minimum Gasteiger partial charge on any atom is -0.404 e. The van der Waals surface area contributed by atoms with Gasteiger partial charge in [0.2, 0.25) is 0 Å². The average Bonchev–Trinajstić information content (AvgIpc) is 2.84. The monoisotopic (exact) mass is 413 g/mol. The van der Waals surface area contributed by atoms with Crippen molar-refractivity contribution >= 4 is 28.8 Å². The Kier molecular flexibility index (Phi) is 5.70. The van der Waals surface area contributed by atoms with Crippen LogP contribution in [0, 0.1) is 16.3 Å². The van der Waals surface area contributed by atoms with E-state index < -0.39 is 0 Å². The highest BCUT2D eigenvalue weighted by Gasteiger charge is 2.18. The molecule has 0 spiro atoms. The number of halogens is 2. The molecule has 0 aliphatic heterocycles. The molecule has 116 valence electrons. The van der Waals surface area contributed by atoms with E-state index in [0.29, 0.717) is 18.7 Å². The number of rotatable bonds is 5. The van der Waals surface area contributed by atoms with Gasteiger partial charge in [-0.05, 0) is 66.4 Å². The van der Waals surface area contributed by atoms with Crippen LogP contribution in [0.15, 0.2) is 39.5 Å². The quantitative estimate of drug-likeness (QED) is 0.598.